The second-order valence-corrected chi connectivity index (χ2v) is 5.16. The van der Waals surface area contributed by atoms with Crippen LogP contribution in [0.15, 0.2) is 0 Å². The van der Waals surface area contributed by atoms with Crippen LogP contribution < -0.4 is 0 Å². The van der Waals surface area contributed by atoms with Gasteiger partial charge in [0.15, 0.2) is 0 Å². The fraction of sp³-hybridized carbons (Fsp3) is 0.917. The molecule has 1 amide bonds. The molecule has 1 fully saturated rings. The van der Waals surface area contributed by atoms with Gasteiger partial charge in [-0.05, 0) is 14.1 Å². The average Bonchev–Trinajstić information content (AvgIpc) is 2.49. The summed E-state index contributed by atoms with van der Waals surface area (Å²) in [6.45, 7) is 2.53. The SMILES string of the molecule is CN(C)CC1COCCN(C(=O)CCC(F)(F)F)C1. The number of hydrogen-bond donors (Lipinski definition) is 0. The lowest BCUT2D eigenvalue weighted by Crippen LogP contribution is -2.39. The standard InChI is InChI=1S/C12H21F3N2O2/c1-16(2)7-10-8-17(5-6-19-9-10)11(18)3-4-12(13,14)15/h10H,3-9H2,1-2H3. The Labute approximate surface area is 111 Å². The largest absolute Gasteiger partial charge is 0.389 e. The maximum absolute atomic E-state index is 12.1. The van der Waals surface area contributed by atoms with Gasteiger partial charge in [0.25, 0.3) is 0 Å². The highest BCUT2D eigenvalue weighted by atomic mass is 19.4. The Morgan fingerprint density at radius 3 is 2.68 bits per heavy atom. The number of nitrogens with zero attached hydrogens (tertiary/aromatic N) is 2. The summed E-state index contributed by atoms with van der Waals surface area (Å²) in [5, 5.41) is 0. The molecule has 0 saturated carbocycles. The maximum atomic E-state index is 12.1. The van der Waals surface area contributed by atoms with E-state index in [0.29, 0.717) is 26.3 Å². The van der Waals surface area contributed by atoms with E-state index in [0.717, 1.165) is 6.54 Å². The highest BCUT2D eigenvalue weighted by Crippen LogP contribution is 2.22. The van der Waals surface area contributed by atoms with E-state index in [9.17, 15) is 18.0 Å². The van der Waals surface area contributed by atoms with Crippen LogP contribution in [0, 0.1) is 5.92 Å². The van der Waals surface area contributed by atoms with Gasteiger partial charge in [0.05, 0.1) is 19.6 Å². The van der Waals surface area contributed by atoms with Gasteiger partial charge in [0, 0.05) is 32.0 Å². The molecule has 0 radical (unpaired) electrons. The van der Waals surface area contributed by atoms with Crippen LogP contribution >= 0.6 is 0 Å². The van der Waals surface area contributed by atoms with Crippen molar-refractivity contribution in [2.45, 2.75) is 19.0 Å². The molecule has 0 aromatic carbocycles. The molecule has 1 rings (SSSR count). The third kappa shape index (κ3) is 6.77. The van der Waals surface area contributed by atoms with Gasteiger partial charge in [-0.25, -0.2) is 0 Å². The molecule has 1 atom stereocenters. The molecule has 1 aliphatic rings. The van der Waals surface area contributed by atoms with Crippen molar-refractivity contribution in [2.75, 3.05) is 46.9 Å². The summed E-state index contributed by atoms with van der Waals surface area (Å²) >= 11 is 0. The van der Waals surface area contributed by atoms with E-state index in [2.05, 4.69) is 0 Å². The zero-order chi connectivity index (χ0) is 14.5. The molecule has 0 N–H and O–H groups in total. The minimum Gasteiger partial charge on any atom is -0.379 e. The summed E-state index contributed by atoms with van der Waals surface area (Å²) in [6.07, 6.45) is -5.80. The first-order valence-corrected chi connectivity index (χ1v) is 6.35. The minimum atomic E-state index is -4.28. The molecule has 0 spiro atoms. The molecule has 0 bridgehead atoms. The summed E-state index contributed by atoms with van der Waals surface area (Å²) < 4.78 is 41.7. The van der Waals surface area contributed by atoms with Crippen molar-refractivity contribution >= 4 is 5.91 Å². The third-order valence-electron chi connectivity index (χ3n) is 2.94. The Hall–Kier alpha value is -0.820. The van der Waals surface area contributed by atoms with Crippen LogP contribution in [0.3, 0.4) is 0 Å². The number of hydrogen-bond acceptors (Lipinski definition) is 3. The first-order chi connectivity index (χ1) is 8.78. The molecule has 4 nitrogen and oxygen atoms in total. The van der Waals surface area contributed by atoms with Gasteiger partial charge in [-0.2, -0.15) is 13.2 Å². The first kappa shape index (κ1) is 16.2. The van der Waals surface area contributed by atoms with Crippen LogP contribution in [0.2, 0.25) is 0 Å². The Morgan fingerprint density at radius 1 is 1.42 bits per heavy atom. The van der Waals surface area contributed by atoms with Crippen molar-refractivity contribution in [1.82, 2.24) is 9.80 Å². The number of halogens is 3. The highest BCUT2D eigenvalue weighted by molar-refractivity contribution is 5.76. The van der Waals surface area contributed by atoms with Gasteiger partial charge >= 0.3 is 6.18 Å². The van der Waals surface area contributed by atoms with Gasteiger partial charge in [0.1, 0.15) is 0 Å². The maximum Gasteiger partial charge on any atom is 0.389 e. The Kier molecular flexibility index (Phi) is 6.06. The summed E-state index contributed by atoms with van der Waals surface area (Å²) in [5.74, 6) is -0.293. The van der Waals surface area contributed by atoms with E-state index in [1.807, 2.05) is 19.0 Å². The predicted molar refractivity (Wildman–Crippen MR) is 64.7 cm³/mol. The Morgan fingerprint density at radius 2 is 2.11 bits per heavy atom. The van der Waals surface area contributed by atoms with Crippen LogP contribution in [0.1, 0.15) is 12.8 Å². The normalized spacial score (nSPS) is 21.6. The van der Waals surface area contributed by atoms with Crippen LogP contribution in [0.4, 0.5) is 13.2 Å². The van der Waals surface area contributed by atoms with Crippen LogP contribution in [0.5, 0.6) is 0 Å². The second kappa shape index (κ2) is 7.09. The molecule has 7 heteroatoms. The number of rotatable bonds is 4. The summed E-state index contributed by atoms with van der Waals surface area (Å²) in [7, 11) is 3.83. The predicted octanol–water partition coefficient (Wildman–Crippen LogP) is 1.37. The Balaban J connectivity index is 2.48. The molecule has 112 valence electrons. The lowest BCUT2D eigenvalue weighted by atomic mass is 10.1. The van der Waals surface area contributed by atoms with Crippen LogP contribution in [-0.4, -0.2) is 68.8 Å². The van der Waals surface area contributed by atoms with Crippen molar-refractivity contribution in [2.24, 2.45) is 5.92 Å². The van der Waals surface area contributed by atoms with Crippen molar-refractivity contribution < 1.29 is 22.7 Å². The van der Waals surface area contributed by atoms with E-state index in [4.69, 9.17) is 4.74 Å². The van der Waals surface area contributed by atoms with E-state index < -0.39 is 24.9 Å². The summed E-state index contributed by atoms with van der Waals surface area (Å²) in [4.78, 5) is 15.3. The lowest BCUT2D eigenvalue weighted by molar-refractivity contribution is -0.149. The average molecular weight is 282 g/mol. The van der Waals surface area contributed by atoms with Crippen molar-refractivity contribution in [1.29, 1.82) is 0 Å². The molecule has 1 saturated heterocycles. The van der Waals surface area contributed by atoms with Crippen LogP contribution in [0.25, 0.3) is 0 Å². The smallest absolute Gasteiger partial charge is 0.379 e. The number of amides is 1. The third-order valence-corrected chi connectivity index (χ3v) is 2.94. The summed E-state index contributed by atoms with van der Waals surface area (Å²) in [5.41, 5.74) is 0. The van der Waals surface area contributed by atoms with Crippen LogP contribution in [-0.2, 0) is 9.53 Å². The molecule has 19 heavy (non-hydrogen) atoms. The molecule has 0 aliphatic carbocycles. The van der Waals surface area contributed by atoms with Crippen molar-refractivity contribution in [3.05, 3.63) is 0 Å². The van der Waals surface area contributed by atoms with E-state index in [-0.39, 0.29) is 5.92 Å². The highest BCUT2D eigenvalue weighted by Gasteiger charge is 2.30. The van der Waals surface area contributed by atoms with Gasteiger partial charge in [-0.15, -0.1) is 0 Å². The number of alkyl halides is 3. The topological polar surface area (TPSA) is 32.8 Å². The molecule has 1 aliphatic heterocycles. The quantitative estimate of drug-likeness (QED) is 0.780. The molecule has 0 aromatic heterocycles. The van der Waals surface area contributed by atoms with Gasteiger partial charge < -0.3 is 14.5 Å². The molecular formula is C12H21F3N2O2. The number of carbonyl (C=O) groups is 1. The molecule has 1 heterocycles. The fourth-order valence-corrected chi connectivity index (χ4v) is 2.14. The Bertz CT molecular complexity index is 295. The van der Waals surface area contributed by atoms with E-state index >= 15 is 0 Å². The van der Waals surface area contributed by atoms with E-state index in [1.165, 1.54) is 4.90 Å². The van der Waals surface area contributed by atoms with Gasteiger partial charge in [-0.3, -0.25) is 4.79 Å². The first-order valence-electron chi connectivity index (χ1n) is 6.35. The number of carbonyl (C=O) groups excluding carboxylic acids is 1. The molecular weight excluding hydrogens is 261 g/mol. The van der Waals surface area contributed by atoms with Crippen molar-refractivity contribution in [3.8, 4) is 0 Å². The fourth-order valence-electron chi connectivity index (χ4n) is 2.14. The van der Waals surface area contributed by atoms with Gasteiger partial charge in [-0.1, -0.05) is 0 Å². The minimum absolute atomic E-state index is 0.146. The zero-order valence-corrected chi connectivity index (χ0v) is 11.4. The lowest BCUT2D eigenvalue weighted by Gasteiger charge is -2.25. The molecule has 1 unspecified atom stereocenters. The molecule has 0 aromatic rings. The number of ether oxygens (including phenoxy) is 1. The van der Waals surface area contributed by atoms with Gasteiger partial charge in [0.2, 0.25) is 5.91 Å². The monoisotopic (exact) mass is 282 g/mol. The second-order valence-electron chi connectivity index (χ2n) is 5.16. The van der Waals surface area contributed by atoms with E-state index in [1.54, 1.807) is 0 Å². The summed E-state index contributed by atoms with van der Waals surface area (Å²) in [6, 6.07) is 0. The van der Waals surface area contributed by atoms with Crippen molar-refractivity contribution in [3.63, 3.8) is 0 Å². The zero-order valence-electron chi connectivity index (χ0n) is 11.4.